The van der Waals surface area contributed by atoms with Gasteiger partial charge in [0.15, 0.2) is 0 Å². The number of nitrogens with zero attached hydrogens (tertiary/aromatic N) is 1. The molecule has 1 aliphatic rings. The van der Waals surface area contributed by atoms with E-state index in [4.69, 9.17) is 9.15 Å². The summed E-state index contributed by atoms with van der Waals surface area (Å²) < 4.78 is 11.5. The number of aryl methyl sites for hydroxylation is 1. The Kier molecular flexibility index (Phi) is 6.35. The van der Waals surface area contributed by atoms with Crippen molar-refractivity contribution in [2.24, 2.45) is 0 Å². The minimum Gasteiger partial charge on any atom is -0.508 e. The summed E-state index contributed by atoms with van der Waals surface area (Å²) >= 11 is 1.97. The van der Waals surface area contributed by atoms with Gasteiger partial charge in [-0.3, -0.25) is 4.90 Å². The van der Waals surface area contributed by atoms with Crippen molar-refractivity contribution in [1.82, 2.24) is 4.90 Å². The molecule has 0 amide bonds. The Labute approximate surface area is 181 Å². The number of thioether (sulfide) groups is 1. The molecule has 2 aromatic carbocycles. The predicted octanol–water partition coefficient (Wildman–Crippen LogP) is 5.31. The number of benzene rings is 2. The number of furan rings is 1. The molecule has 1 unspecified atom stereocenters. The maximum Gasteiger partial charge on any atom is 0.342 e. The molecule has 1 aliphatic heterocycles. The summed E-state index contributed by atoms with van der Waals surface area (Å²) in [5.41, 5.74) is 2.55. The number of hydrogen-bond donors (Lipinski definition) is 1. The summed E-state index contributed by atoms with van der Waals surface area (Å²) in [5, 5.41) is 11.9. The van der Waals surface area contributed by atoms with Gasteiger partial charge in [0.2, 0.25) is 0 Å². The van der Waals surface area contributed by atoms with Gasteiger partial charge in [-0.15, -0.1) is 11.8 Å². The average molecular weight is 426 g/mol. The number of fused-ring (bicyclic) bond motifs is 1. The first-order chi connectivity index (χ1) is 14.6. The highest BCUT2D eigenvalue weighted by Gasteiger charge is 2.27. The normalized spacial score (nSPS) is 16.9. The molecule has 0 saturated carbocycles. The summed E-state index contributed by atoms with van der Waals surface area (Å²) in [6.07, 6.45) is 1.56. The Morgan fingerprint density at radius 1 is 1.27 bits per heavy atom. The van der Waals surface area contributed by atoms with Crippen LogP contribution in [0.5, 0.6) is 5.75 Å². The molecule has 3 aromatic rings. The molecule has 4 rings (SSSR count). The first-order valence-electron chi connectivity index (χ1n) is 10.5. The molecular weight excluding hydrogens is 398 g/mol. The Balaban J connectivity index is 1.75. The molecule has 0 bridgehead atoms. The molecule has 6 heteroatoms. The van der Waals surface area contributed by atoms with E-state index in [1.54, 1.807) is 19.1 Å². The second kappa shape index (κ2) is 9.14. The van der Waals surface area contributed by atoms with Crippen LogP contribution >= 0.6 is 11.8 Å². The summed E-state index contributed by atoms with van der Waals surface area (Å²) in [7, 11) is 0. The highest BCUT2D eigenvalue weighted by molar-refractivity contribution is 8.00. The van der Waals surface area contributed by atoms with Gasteiger partial charge >= 0.3 is 5.97 Å². The summed E-state index contributed by atoms with van der Waals surface area (Å²) in [6.45, 7) is 6.35. The molecule has 30 heavy (non-hydrogen) atoms. The molecule has 0 radical (unpaired) electrons. The summed E-state index contributed by atoms with van der Waals surface area (Å²) in [5.74, 6) is 1.42. The monoisotopic (exact) mass is 425 g/mol. The van der Waals surface area contributed by atoms with Crippen LogP contribution in [0.1, 0.15) is 36.2 Å². The van der Waals surface area contributed by atoms with Crippen LogP contribution in [0.15, 0.2) is 46.9 Å². The third kappa shape index (κ3) is 4.07. The minimum absolute atomic E-state index is 0.192. The second-order valence-corrected chi connectivity index (χ2v) is 8.86. The van der Waals surface area contributed by atoms with Crippen LogP contribution in [0.3, 0.4) is 0 Å². The molecule has 158 valence electrons. The number of carbonyl (C=O) groups is 1. The van der Waals surface area contributed by atoms with Gasteiger partial charge in [0.25, 0.3) is 0 Å². The van der Waals surface area contributed by atoms with Crippen molar-refractivity contribution in [3.05, 3.63) is 53.6 Å². The number of phenolic OH excluding ortho intramolecular Hbond substituents is 1. The van der Waals surface area contributed by atoms with E-state index in [0.29, 0.717) is 34.1 Å². The molecule has 1 aromatic heterocycles. The van der Waals surface area contributed by atoms with E-state index in [-0.39, 0.29) is 12.4 Å². The van der Waals surface area contributed by atoms with Gasteiger partial charge in [0.1, 0.15) is 22.7 Å². The van der Waals surface area contributed by atoms with Crippen LogP contribution in [-0.2, 0) is 11.2 Å². The lowest BCUT2D eigenvalue weighted by atomic mass is 9.98. The minimum atomic E-state index is -0.425. The van der Waals surface area contributed by atoms with Gasteiger partial charge in [-0.25, -0.2) is 4.79 Å². The zero-order chi connectivity index (χ0) is 21.1. The Bertz CT molecular complexity index is 1030. The number of carbonyl (C=O) groups excluding carboxylic acids is 1. The molecule has 5 nitrogen and oxygen atoms in total. The standard InChI is InChI=1S/C24H27NO4S/c1-3-28-24(27)22-21-18(10-7-13-25-14-15-30-16(25)2)19(26)11-12-20(21)29-23(22)17-8-5-4-6-9-17/h4-6,8-9,11-12,16,26H,3,7,10,13-15H2,1-2H3. The Hall–Kier alpha value is -2.44. The van der Waals surface area contributed by atoms with Crippen LogP contribution < -0.4 is 0 Å². The quantitative estimate of drug-likeness (QED) is 0.518. The van der Waals surface area contributed by atoms with Crippen molar-refractivity contribution in [1.29, 1.82) is 0 Å². The van der Waals surface area contributed by atoms with Gasteiger partial charge < -0.3 is 14.3 Å². The maximum absolute atomic E-state index is 12.9. The first kappa shape index (κ1) is 20.8. The molecule has 2 heterocycles. The van der Waals surface area contributed by atoms with Gasteiger partial charge in [-0.1, -0.05) is 30.3 Å². The van der Waals surface area contributed by atoms with Crippen molar-refractivity contribution in [2.45, 2.75) is 32.1 Å². The Morgan fingerprint density at radius 2 is 2.07 bits per heavy atom. The van der Waals surface area contributed by atoms with Crippen LogP contribution in [0.25, 0.3) is 22.3 Å². The largest absolute Gasteiger partial charge is 0.508 e. The Morgan fingerprint density at radius 3 is 2.77 bits per heavy atom. The highest BCUT2D eigenvalue weighted by Crippen LogP contribution is 2.39. The number of hydrogen-bond acceptors (Lipinski definition) is 6. The number of aromatic hydroxyl groups is 1. The summed E-state index contributed by atoms with van der Waals surface area (Å²) in [4.78, 5) is 15.4. The SMILES string of the molecule is CCOC(=O)c1c(-c2ccccc2)oc2ccc(O)c(CCCN3CCSC3C)c12. The topological polar surface area (TPSA) is 62.9 Å². The van der Waals surface area contributed by atoms with E-state index < -0.39 is 5.97 Å². The van der Waals surface area contributed by atoms with E-state index in [9.17, 15) is 9.90 Å². The van der Waals surface area contributed by atoms with E-state index in [2.05, 4.69) is 11.8 Å². The molecule has 0 aliphatic carbocycles. The maximum atomic E-state index is 12.9. The van der Waals surface area contributed by atoms with Crippen LogP contribution in [0.4, 0.5) is 0 Å². The van der Waals surface area contributed by atoms with Crippen LogP contribution in [0.2, 0.25) is 0 Å². The first-order valence-corrected chi connectivity index (χ1v) is 11.5. The van der Waals surface area contributed by atoms with Crippen LogP contribution in [0, 0.1) is 0 Å². The van der Waals surface area contributed by atoms with E-state index in [1.165, 1.54) is 0 Å². The number of esters is 1. The van der Waals surface area contributed by atoms with Crippen molar-refractivity contribution in [2.75, 3.05) is 25.4 Å². The third-order valence-electron chi connectivity index (χ3n) is 5.58. The molecule has 1 saturated heterocycles. The van der Waals surface area contributed by atoms with Gasteiger partial charge in [-0.05, 0) is 45.4 Å². The zero-order valence-electron chi connectivity index (χ0n) is 17.4. The van der Waals surface area contributed by atoms with Crippen molar-refractivity contribution < 1.29 is 19.1 Å². The molecule has 1 fully saturated rings. The van der Waals surface area contributed by atoms with Crippen molar-refractivity contribution in [3.63, 3.8) is 0 Å². The van der Waals surface area contributed by atoms with E-state index >= 15 is 0 Å². The third-order valence-corrected chi connectivity index (χ3v) is 6.78. The fourth-order valence-electron chi connectivity index (χ4n) is 4.07. The fourth-order valence-corrected chi connectivity index (χ4v) is 5.18. The number of ether oxygens (including phenoxy) is 1. The lowest BCUT2D eigenvalue weighted by Gasteiger charge is -2.19. The van der Waals surface area contributed by atoms with Gasteiger partial charge in [-0.2, -0.15) is 0 Å². The average Bonchev–Trinajstić information content (AvgIpc) is 3.34. The van der Waals surface area contributed by atoms with E-state index in [0.717, 1.165) is 36.4 Å². The molecule has 1 atom stereocenters. The predicted molar refractivity (Wildman–Crippen MR) is 121 cm³/mol. The molecule has 0 spiro atoms. The molecule has 1 N–H and O–H groups in total. The smallest absolute Gasteiger partial charge is 0.342 e. The van der Waals surface area contributed by atoms with Gasteiger partial charge in [0, 0.05) is 28.8 Å². The lowest BCUT2D eigenvalue weighted by Crippen LogP contribution is -2.27. The lowest BCUT2D eigenvalue weighted by molar-refractivity contribution is 0.0528. The number of rotatable bonds is 7. The zero-order valence-corrected chi connectivity index (χ0v) is 18.2. The summed E-state index contributed by atoms with van der Waals surface area (Å²) in [6, 6.07) is 12.9. The number of phenols is 1. The van der Waals surface area contributed by atoms with E-state index in [1.807, 2.05) is 42.1 Å². The second-order valence-electron chi connectivity index (χ2n) is 7.44. The van der Waals surface area contributed by atoms with Crippen molar-refractivity contribution in [3.8, 4) is 17.1 Å². The van der Waals surface area contributed by atoms with Gasteiger partial charge in [0.05, 0.1) is 12.0 Å². The fraction of sp³-hybridized carbons (Fsp3) is 0.375. The highest BCUT2D eigenvalue weighted by atomic mass is 32.2. The van der Waals surface area contributed by atoms with Crippen molar-refractivity contribution >= 4 is 28.7 Å². The van der Waals surface area contributed by atoms with Crippen LogP contribution in [-0.4, -0.2) is 46.8 Å². The molecular formula is C24H27NO4S.